The molecule has 0 radical (unpaired) electrons. The lowest BCUT2D eigenvalue weighted by Crippen LogP contribution is -2.24. The first-order valence-electron chi connectivity index (χ1n) is 7.27. The number of ether oxygens (including phenoxy) is 1. The summed E-state index contributed by atoms with van der Waals surface area (Å²) in [5.41, 5.74) is 1.02. The van der Waals surface area contributed by atoms with Gasteiger partial charge in [-0.05, 0) is 36.5 Å². The van der Waals surface area contributed by atoms with Crippen molar-refractivity contribution in [3.8, 4) is 5.75 Å². The van der Waals surface area contributed by atoms with Crippen LogP contribution in [0.1, 0.15) is 31.7 Å². The summed E-state index contributed by atoms with van der Waals surface area (Å²) in [4.78, 5) is 22.1. The van der Waals surface area contributed by atoms with Gasteiger partial charge in [0.05, 0.1) is 6.61 Å². The maximum Gasteiger partial charge on any atom is 0.303 e. The average Bonchev–Trinajstić information content (AvgIpc) is 3.19. The summed E-state index contributed by atoms with van der Waals surface area (Å²) in [5.74, 6) is 0.755. The molecular weight excluding hydrogens is 270 g/mol. The van der Waals surface area contributed by atoms with Crippen LogP contribution >= 0.6 is 0 Å². The van der Waals surface area contributed by atoms with Gasteiger partial charge in [0.1, 0.15) is 5.75 Å². The molecule has 0 bridgehead atoms. The molecular formula is C16H21NO4. The number of aliphatic carboxylic acids is 1. The van der Waals surface area contributed by atoms with Crippen molar-refractivity contribution in [3.63, 3.8) is 0 Å². The summed E-state index contributed by atoms with van der Waals surface area (Å²) in [6.07, 6.45) is 1.60. The lowest BCUT2D eigenvalue weighted by atomic mass is 10.2. The van der Waals surface area contributed by atoms with Crippen LogP contribution < -0.4 is 10.1 Å². The second-order valence-electron chi connectivity index (χ2n) is 5.53. The van der Waals surface area contributed by atoms with Crippen molar-refractivity contribution in [2.45, 2.75) is 32.7 Å². The highest BCUT2D eigenvalue weighted by molar-refractivity contribution is 5.81. The highest BCUT2D eigenvalue weighted by Crippen LogP contribution is 2.37. The zero-order chi connectivity index (χ0) is 15.2. The van der Waals surface area contributed by atoms with Gasteiger partial charge in [-0.2, -0.15) is 0 Å². The monoisotopic (exact) mass is 291 g/mol. The number of carbonyl (C=O) groups is 2. The molecule has 1 aliphatic carbocycles. The molecule has 1 fully saturated rings. The van der Waals surface area contributed by atoms with Crippen molar-refractivity contribution >= 4 is 11.9 Å². The molecule has 2 N–H and O–H groups in total. The minimum Gasteiger partial charge on any atom is -0.494 e. The Morgan fingerprint density at radius 1 is 1.33 bits per heavy atom. The van der Waals surface area contributed by atoms with Gasteiger partial charge in [-0.1, -0.05) is 19.1 Å². The van der Waals surface area contributed by atoms with Crippen molar-refractivity contribution in [1.29, 1.82) is 0 Å². The topological polar surface area (TPSA) is 75.6 Å². The van der Waals surface area contributed by atoms with E-state index in [1.165, 1.54) is 0 Å². The van der Waals surface area contributed by atoms with Crippen LogP contribution in [0.2, 0.25) is 0 Å². The number of carboxylic acid groups (broad SMARTS) is 1. The van der Waals surface area contributed by atoms with Gasteiger partial charge in [-0.25, -0.2) is 0 Å². The molecule has 0 aromatic heterocycles. The maximum absolute atomic E-state index is 11.7. The van der Waals surface area contributed by atoms with Crippen molar-refractivity contribution < 1.29 is 19.4 Å². The lowest BCUT2D eigenvalue weighted by molar-refractivity contribution is -0.137. The van der Waals surface area contributed by atoms with Gasteiger partial charge in [0.2, 0.25) is 5.91 Å². The van der Waals surface area contributed by atoms with Gasteiger partial charge >= 0.3 is 5.97 Å². The number of carbonyl (C=O) groups excluding carboxylic acids is 1. The molecule has 114 valence electrons. The highest BCUT2D eigenvalue weighted by Gasteiger charge is 2.38. The number of hydrogen-bond acceptors (Lipinski definition) is 3. The molecule has 5 nitrogen and oxygen atoms in total. The summed E-state index contributed by atoms with van der Waals surface area (Å²) in [7, 11) is 0. The standard InChI is InChI=1S/C16H21NO4/c1-11-9-14(11)16(20)17-10-12-4-6-13(7-5-12)21-8-2-3-15(18)19/h4-7,11,14H,2-3,8-10H2,1H3,(H,17,20)(H,18,19)/t11-,14+/m0/s1. The molecule has 1 aliphatic rings. The molecule has 1 aromatic carbocycles. The fraction of sp³-hybridized carbons (Fsp3) is 0.500. The van der Waals surface area contributed by atoms with Gasteiger partial charge in [-0.3, -0.25) is 9.59 Å². The predicted molar refractivity (Wildman–Crippen MR) is 77.9 cm³/mol. The Bertz CT molecular complexity index is 498. The first-order valence-corrected chi connectivity index (χ1v) is 7.27. The Morgan fingerprint density at radius 2 is 2.00 bits per heavy atom. The van der Waals surface area contributed by atoms with E-state index in [4.69, 9.17) is 9.84 Å². The molecule has 21 heavy (non-hydrogen) atoms. The smallest absolute Gasteiger partial charge is 0.303 e. The zero-order valence-corrected chi connectivity index (χ0v) is 12.2. The fourth-order valence-corrected chi connectivity index (χ4v) is 2.12. The number of rotatable bonds is 8. The van der Waals surface area contributed by atoms with Crippen LogP contribution in [0.15, 0.2) is 24.3 Å². The number of amides is 1. The molecule has 1 amide bonds. The maximum atomic E-state index is 11.7. The number of carboxylic acids is 1. The molecule has 0 saturated heterocycles. The van der Waals surface area contributed by atoms with Crippen molar-refractivity contribution in [3.05, 3.63) is 29.8 Å². The van der Waals surface area contributed by atoms with Gasteiger partial charge < -0.3 is 15.2 Å². The van der Waals surface area contributed by atoms with Crippen LogP contribution in [0.5, 0.6) is 5.75 Å². The lowest BCUT2D eigenvalue weighted by Gasteiger charge is -2.07. The van der Waals surface area contributed by atoms with Crippen molar-refractivity contribution in [2.75, 3.05) is 6.61 Å². The molecule has 0 aliphatic heterocycles. The van der Waals surface area contributed by atoms with E-state index >= 15 is 0 Å². The quantitative estimate of drug-likeness (QED) is 0.720. The third-order valence-corrected chi connectivity index (χ3v) is 3.64. The van der Waals surface area contributed by atoms with E-state index in [-0.39, 0.29) is 18.2 Å². The first-order chi connectivity index (χ1) is 10.1. The third kappa shape index (κ3) is 5.10. The van der Waals surface area contributed by atoms with Gasteiger partial charge in [0.25, 0.3) is 0 Å². The molecule has 2 atom stereocenters. The van der Waals surface area contributed by atoms with Gasteiger partial charge in [-0.15, -0.1) is 0 Å². The zero-order valence-electron chi connectivity index (χ0n) is 12.2. The van der Waals surface area contributed by atoms with Crippen LogP contribution in [0.3, 0.4) is 0 Å². The van der Waals surface area contributed by atoms with E-state index in [1.807, 2.05) is 24.3 Å². The van der Waals surface area contributed by atoms with Crippen LogP contribution in [-0.2, 0) is 16.1 Å². The summed E-state index contributed by atoms with van der Waals surface area (Å²) in [5, 5.41) is 11.5. The molecule has 2 rings (SSSR count). The Hall–Kier alpha value is -2.04. The Balaban J connectivity index is 1.69. The largest absolute Gasteiger partial charge is 0.494 e. The van der Waals surface area contributed by atoms with Crippen LogP contribution in [0.25, 0.3) is 0 Å². The predicted octanol–water partition coefficient (Wildman–Crippen LogP) is 2.20. The molecule has 5 heteroatoms. The average molecular weight is 291 g/mol. The highest BCUT2D eigenvalue weighted by atomic mass is 16.5. The van der Waals surface area contributed by atoms with E-state index in [2.05, 4.69) is 12.2 Å². The summed E-state index contributed by atoms with van der Waals surface area (Å²) >= 11 is 0. The normalized spacial score (nSPS) is 19.9. The Kier molecular flexibility index (Phi) is 5.20. The van der Waals surface area contributed by atoms with Gasteiger partial charge in [0.15, 0.2) is 0 Å². The summed E-state index contributed by atoms with van der Waals surface area (Å²) in [6, 6.07) is 7.48. The van der Waals surface area contributed by atoms with E-state index < -0.39 is 5.97 Å². The number of benzene rings is 1. The Morgan fingerprint density at radius 3 is 2.57 bits per heavy atom. The minimum atomic E-state index is -0.810. The first kappa shape index (κ1) is 15.4. The second kappa shape index (κ2) is 7.11. The van der Waals surface area contributed by atoms with Crippen molar-refractivity contribution in [1.82, 2.24) is 5.32 Å². The fourth-order valence-electron chi connectivity index (χ4n) is 2.12. The molecule has 0 spiro atoms. The van der Waals surface area contributed by atoms with Crippen LogP contribution in [0, 0.1) is 11.8 Å². The van der Waals surface area contributed by atoms with E-state index in [0.29, 0.717) is 31.2 Å². The molecule has 1 saturated carbocycles. The van der Waals surface area contributed by atoms with E-state index in [0.717, 1.165) is 12.0 Å². The van der Waals surface area contributed by atoms with E-state index in [9.17, 15) is 9.59 Å². The molecule has 1 aromatic rings. The molecule has 0 unspecified atom stereocenters. The third-order valence-electron chi connectivity index (χ3n) is 3.64. The van der Waals surface area contributed by atoms with Gasteiger partial charge in [0, 0.05) is 18.9 Å². The number of nitrogens with one attached hydrogen (secondary N) is 1. The SMILES string of the molecule is C[C@H]1C[C@H]1C(=O)NCc1ccc(OCCCC(=O)O)cc1. The molecule has 0 heterocycles. The number of hydrogen-bond donors (Lipinski definition) is 2. The second-order valence-corrected chi connectivity index (χ2v) is 5.53. The van der Waals surface area contributed by atoms with E-state index in [1.54, 1.807) is 0 Å². The summed E-state index contributed by atoms with van der Waals surface area (Å²) in [6.45, 7) is 3.00. The van der Waals surface area contributed by atoms with Crippen molar-refractivity contribution in [2.24, 2.45) is 11.8 Å². The summed E-state index contributed by atoms with van der Waals surface area (Å²) < 4.78 is 5.45. The van der Waals surface area contributed by atoms with Crippen LogP contribution in [-0.4, -0.2) is 23.6 Å². The minimum absolute atomic E-state index is 0.115. The van der Waals surface area contributed by atoms with Crippen LogP contribution in [0.4, 0.5) is 0 Å². The Labute approximate surface area is 124 Å².